The highest BCUT2D eigenvalue weighted by Gasteiger charge is 2.13. The lowest BCUT2D eigenvalue weighted by atomic mass is 9.87. The molecular weight excluding hydrogens is 286 g/mol. The quantitative estimate of drug-likeness (QED) is 0.823. The van der Waals surface area contributed by atoms with Crippen LogP contribution in [0.3, 0.4) is 0 Å². The molecule has 2 rings (SSSR count). The van der Waals surface area contributed by atoms with Crippen LogP contribution in [0.15, 0.2) is 24.3 Å². The van der Waals surface area contributed by atoms with E-state index in [2.05, 4.69) is 50.5 Å². The molecule has 0 amide bonds. The molecule has 0 saturated heterocycles. The minimum atomic E-state index is 0.173. The maximum atomic E-state index is 5.80. The highest BCUT2D eigenvalue weighted by atomic mass is 32.1. The maximum absolute atomic E-state index is 5.80. The normalized spacial score (nSPS) is 11.7. The van der Waals surface area contributed by atoms with Crippen LogP contribution in [0.1, 0.15) is 41.9 Å². The van der Waals surface area contributed by atoms with Gasteiger partial charge in [0.2, 0.25) is 0 Å². The van der Waals surface area contributed by atoms with Crippen molar-refractivity contribution < 1.29 is 4.74 Å². The van der Waals surface area contributed by atoms with Crippen LogP contribution >= 0.6 is 24.0 Å². The van der Waals surface area contributed by atoms with E-state index < -0.39 is 0 Å². The zero-order valence-electron chi connectivity index (χ0n) is 12.4. The molecule has 0 aliphatic heterocycles. The first-order valence-corrected chi connectivity index (χ1v) is 8.14. The minimum Gasteiger partial charge on any atom is -0.486 e. The average molecular weight is 307 g/mol. The van der Waals surface area contributed by atoms with Crippen LogP contribution in [0.25, 0.3) is 0 Å². The molecule has 0 fully saturated rings. The summed E-state index contributed by atoms with van der Waals surface area (Å²) >= 11 is 5.97. The van der Waals surface area contributed by atoms with E-state index in [4.69, 9.17) is 4.74 Å². The summed E-state index contributed by atoms with van der Waals surface area (Å²) in [6.45, 7) is 9.17. The molecule has 108 valence electrons. The Morgan fingerprint density at radius 1 is 1.20 bits per heavy atom. The molecule has 2 nitrogen and oxygen atoms in total. The van der Waals surface area contributed by atoms with Crippen LogP contribution in [0.4, 0.5) is 0 Å². The molecule has 1 heterocycles. The van der Waals surface area contributed by atoms with Gasteiger partial charge in [0.15, 0.2) is 0 Å². The molecule has 0 unspecified atom stereocenters. The van der Waals surface area contributed by atoms with Crippen molar-refractivity contribution in [2.24, 2.45) is 0 Å². The van der Waals surface area contributed by atoms with Gasteiger partial charge in [0.05, 0.1) is 5.69 Å². The Morgan fingerprint density at radius 3 is 2.35 bits per heavy atom. The van der Waals surface area contributed by atoms with Gasteiger partial charge < -0.3 is 4.74 Å². The highest BCUT2D eigenvalue weighted by Crippen LogP contribution is 2.25. The standard InChI is InChI=1S/C16H21NOS2/c1-11-14(10-19)20-15(17-11)9-18-13-7-5-12(6-8-13)16(2,3)4/h5-8,19H,9-10H2,1-4H3. The number of aryl methyl sites for hydroxylation is 1. The van der Waals surface area contributed by atoms with E-state index >= 15 is 0 Å². The Labute approximate surface area is 130 Å². The van der Waals surface area contributed by atoms with Crippen molar-refractivity contribution >= 4 is 24.0 Å². The number of benzene rings is 1. The summed E-state index contributed by atoms with van der Waals surface area (Å²) in [4.78, 5) is 5.72. The lowest BCUT2D eigenvalue weighted by Crippen LogP contribution is -2.10. The second kappa shape index (κ2) is 6.19. The Balaban J connectivity index is 2.00. The van der Waals surface area contributed by atoms with Gasteiger partial charge in [-0.1, -0.05) is 32.9 Å². The van der Waals surface area contributed by atoms with Crippen LogP contribution in [0, 0.1) is 6.92 Å². The van der Waals surface area contributed by atoms with E-state index in [1.54, 1.807) is 11.3 Å². The Hall–Kier alpha value is -1.00. The molecule has 2 aromatic rings. The monoisotopic (exact) mass is 307 g/mol. The van der Waals surface area contributed by atoms with E-state index in [1.165, 1.54) is 10.4 Å². The van der Waals surface area contributed by atoms with E-state index in [0.29, 0.717) is 6.61 Å². The molecule has 1 aromatic heterocycles. The summed E-state index contributed by atoms with van der Waals surface area (Å²) in [6.07, 6.45) is 0. The van der Waals surface area contributed by atoms with Crippen molar-refractivity contribution in [1.82, 2.24) is 4.98 Å². The topological polar surface area (TPSA) is 22.1 Å². The van der Waals surface area contributed by atoms with Crippen molar-refractivity contribution in [3.8, 4) is 5.75 Å². The Morgan fingerprint density at radius 2 is 1.85 bits per heavy atom. The van der Waals surface area contributed by atoms with E-state index in [0.717, 1.165) is 22.2 Å². The lowest BCUT2D eigenvalue weighted by molar-refractivity contribution is 0.305. The zero-order valence-corrected chi connectivity index (χ0v) is 14.1. The second-order valence-corrected chi connectivity index (χ2v) is 7.32. The number of nitrogens with zero attached hydrogens (tertiary/aromatic N) is 1. The number of hydrogen-bond acceptors (Lipinski definition) is 4. The van der Waals surface area contributed by atoms with Crippen molar-refractivity contribution in [3.63, 3.8) is 0 Å². The van der Waals surface area contributed by atoms with Gasteiger partial charge in [0.1, 0.15) is 17.4 Å². The number of thiol groups is 1. The van der Waals surface area contributed by atoms with Gasteiger partial charge >= 0.3 is 0 Å². The molecule has 1 aromatic carbocycles. The third kappa shape index (κ3) is 3.76. The summed E-state index contributed by atoms with van der Waals surface area (Å²) in [7, 11) is 0. The highest BCUT2D eigenvalue weighted by molar-refractivity contribution is 7.79. The smallest absolute Gasteiger partial charge is 0.140 e. The number of thiazole rings is 1. The third-order valence-electron chi connectivity index (χ3n) is 3.16. The molecular formula is C16H21NOS2. The van der Waals surface area contributed by atoms with Crippen LogP contribution in [-0.4, -0.2) is 4.98 Å². The summed E-state index contributed by atoms with van der Waals surface area (Å²) in [5.74, 6) is 1.63. The molecule has 0 saturated carbocycles. The zero-order chi connectivity index (χ0) is 14.8. The van der Waals surface area contributed by atoms with Crippen LogP contribution in [-0.2, 0) is 17.8 Å². The fourth-order valence-corrected chi connectivity index (χ4v) is 3.16. The third-order valence-corrected chi connectivity index (χ3v) is 4.82. The molecule has 4 heteroatoms. The molecule has 0 aliphatic carbocycles. The molecule has 0 N–H and O–H groups in total. The fourth-order valence-electron chi connectivity index (χ4n) is 1.89. The number of hydrogen-bond donors (Lipinski definition) is 1. The number of rotatable bonds is 4. The van der Waals surface area contributed by atoms with Gasteiger partial charge in [-0.15, -0.1) is 11.3 Å². The summed E-state index contributed by atoms with van der Waals surface area (Å²) in [5, 5.41) is 1.01. The predicted molar refractivity (Wildman–Crippen MR) is 89.0 cm³/mol. The van der Waals surface area contributed by atoms with Gasteiger partial charge in [-0.2, -0.15) is 12.6 Å². The van der Waals surface area contributed by atoms with E-state index in [1.807, 2.05) is 19.1 Å². The maximum Gasteiger partial charge on any atom is 0.140 e. The lowest BCUT2D eigenvalue weighted by Gasteiger charge is -2.19. The predicted octanol–water partition coefficient (Wildman–Crippen LogP) is 4.76. The Kier molecular flexibility index (Phi) is 4.76. The number of ether oxygens (including phenoxy) is 1. The average Bonchev–Trinajstić information content (AvgIpc) is 2.76. The molecule has 0 aliphatic rings. The van der Waals surface area contributed by atoms with E-state index in [-0.39, 0.29) is 5.41 Å². The van der Waals surface area contributed by atoms with Crippen LogP contribution < -0.4 is 4.74 Å². The van der Waals surface area contributed by atoms with Crippen LogP contribution in [0.2, 0.25) is 0 Å². The summed E-state index contributed by atoms with van der Waals surface area (Å²) in [5.41, 5.74) is 2.55. The molecule has 0 radical (unpaired) electrons. The molecule has 20 heavy (non-hydrogen) atoms. The van der Waals surface area contributed by atoms with Crippen molar-refractivity contribution in [3.05, 3.63) is 45.4 Å². The largest absolute Gasteiger partial charge is 0.486 e. The van der Waals surface area contributed by atoms with E-state index in [9.17, 15) is 0 Å². The van der Waals surface area contributed by atoms with Gasteiger partial charge in [-0.3, -0.25) is 0 Å². The molecule has 0 atom stereocenters. The van der Waals surface area contributed by atoms with Gasteiger partial charge in [0, 0.05) is 10.6 Å². The van der Waals surface area contributed by atoms with Crippen molar-refractivity contribution in [2.75, 3.05) is 0 Å². The minimum absolute atomic E-state index is 0.173. The Bertz CT molecular complexity index is 567. The van der Waals surface area contributed by atoms with Crippen LogP contribution in [0.5, 0.6) is 5.75 Å². The second-order valence-electron chi connectivity index (χ2n) is 5.84. The first kappa shape index (κ1) is 15.4. The SMILES string of the molecule is Cc1nc(COc2ccc(C(C)(C)C)cc2)sc1CS. The molecule has 0 spiro atoms. The first-order valence-electron chi connectivity index (χ1n) is 6.69. The fraction of sp³-hybridized carbons (Fsp3) is 0.438. The van der Waals surface area contributed by atoms with Gasteiger partial charge in [-0.05, 0) is 30.0 Å². The summed E-state index contributed by atoms with van der Waals surface area (Å²) < 4.78 is 5.80. The van der Waals surface area contributed by atoms with Gasteiger partial charge in [0.25, 0.3) is 0 Å². The first-order chi connectivity index (χ1) is 9.40. The van der Waals surface area contributed by atoms with Crippen molar-refractivity contribution in [2.45, 2.75) is 45.5 Å². The van der Waals surface area contributed by atoms with Gasteiger partial charge in [-0.25, -0.2) is 4.98 Å². The summed E-state index contributed by atoms with van der Waals surface area (Å²) in [6, 6.07) is 8.31. The van der Waals surface area contributed by atoms with Crippen molar-refractivity contribution in [1.29, 1.82) is 0 Å². The molecule has 0 bridgehead atoms. The number of aromatic nitrogens is 1.